The number of hydrogen-bond acceptors (Lipinski definition) is 2. The van der Waals surface area contributed by atoms with Crippen LogP contribution in [0.25, 0.3) is 17.5 Å². The Morgan fingerprint density at radius 3 is 2.80 bits per heavy atom. The monoisotopic (exact) mass is 337 g/mol. The molecule has 2 aromatic rings. The summed E-state index contributed by atoms with van der Waals surface area (Å²) in [6.07, 6.45) is 11.1. The van der Waals surface area contributed by atoms with Crippen LogP contribution < -0.4 is 4.74 Å². The van der Waals surface area contributed by atoms with E-state index < -0.39 is 0 Å². The molecule has 4 heteroatoms. The number of allylic oxidation sites excluding steroid dienone is 2. The molecule has 0 aliphatic carbocycles. The van der Waals surface area contributed by atoms with Gasteiger partial charge in [-0.3, -0.25) is 4.99 Å². The van der Waals surface area contributed by atoms with E-state index in [1.165, 1.54) is 24.8 Å². The second-order valence-electron chi connectivity index (χ2n) is 6.37. The normalized spacial score (nSPS) is 15.6. The molecule has 0 bridgehead atoms. The molecule has 0 radical (unpaired) electrons. The summed E-state index contributed by atoms with van der Waals surface area (Å²) in [4.78, 5) is 11.4. The number of ether oxygens (including phenoxy) is 1. The lowest BCUT2D eigenvalue weighted by molar-refractivity contribution is 0.340. The van der Waals surface area contributed by atoms with Gasteiger partial charge >= 0.3 is 0 Å². The van der Waals surface area contributed by atoms with Crippen molar-refractivity contribution in [1.82, 2.24) is 9.97 Å². The fraction of sp³-hybridized carbons (Fsp3) is 0.381. The van der Waals surface area contributed by atoms with E-state index in [0.717, 1.165) is 40.7 Å². The first kappa shape index (κ1) is 17.3. The zero-order chi connectivity index (χ0) is 17.6. The predicted octanol–water partition coefficient (Wildman–Crippen LogP) is 5.73. The summed E-state index contributed by atoms with van der Waals surface area (Å²) in [5.74, 6) is 0.861. The second kappa shape index (κ2) is 8.06. The number of nitrogens with zero attached hydrogens (tertiary/aromatic N) is 1. The minimum absolute atomic E-state index is 0.637. The van der Waals surface area contributed by atoms with Gasteiger partial charge in [-0.1, -0.05) is 19.8 Å². The maximum atomic E-state index is 5.80. The maximum Gasteiger partial charge on any atom is 0.144 e. The fourth-order valence-electron chi connectivity index (χ4n) is 3.10. The molecule has 4 nitrogen and oxygen atoms in total. The standard InChI is InChI=1S/C21H27N3O/c1-4-6-7-9-16-12-17(23-15(16)3)13-20-21(25-5-2)14-19(24-20)18-10-8-11-22-18/h8,10-14,22,24H,4-7,9H2,1-3H3. The molecule has 0 saturated heterocycles. The minimum atomic E-state index is 0.637. The van der Waals surface area contributed by atoms with E-state index in [9.17, 15) is 0 Å². The molecular formula is C21H27N3O. The Hall–Kier alpha value is -2.49. The molecular weight excluding hydrogens is 310 g/mol. The van der Waals surface area contributed by atoms with Crippen molar-refractivity contribution in [3.63, 3.8) is 0 Å². The highest BCUT2D eigenvalue weighted by molar-refractivity contribution is 6.02. The highest BCUT2D eigenvalue weighted by atomic mass is 16.5. The number of unbranched alkanes of at least 4 members (excludes halogenated alkanes) is 2. The van der Waals surface area contributed by atoms with Crippen molar-refractivity contribution in [3.05, 3.63) is 47.4 Å². The summed E-state index contributed by atoms with van der Waals surface area (Å²) < 4.78 is 5.80. The highest BCUT2D eigenvalue weighted by Crippen LogP contribution is 2.30. The molecule has 132 valence electrons. The fourth-order valence-corrected chi connectivity index (χ4v) is 3.10. The lowest BCUT2D eigenvalue weighted by Crippen LogP contribution is -1.92. The number of aromatic nitrogens is 2. The summed E-state index contributed by atoms with van der Waals surface area (Å²) in [5, 5.41) is 0. The van der Waals surface area contributed by atoms with Crippen molar-refractivity contribution in [3.8, 4) is 17.1 Å². The van der Waals surface area contributed by atoms with E-state index in [0.29, 0.717) is 6.61 Å². The summed E-state index contributed by atoms with van der Waals surface area (Å²) in [7, 11) is 0. The van der Waals surface area contributed by atoms with Gasteiger partial charge in [0.1, 0.15) is 5.75 Å². The molecule has 0 fully saturated rings. The Labute approximate surface area is 149 Å². The zero-order valence-electron chi connectivity index (χ0n) is 15.4. The van der Waals surface area contributed by atoms with Crippen LogP contribution in [0, 0.1) is 0 Å². The van der Waals surface area contributed by atoms with Crippen molar-refractivity contribution in [2.75, 3.05) is 6.61 Å². The largest absolute Gasteiger partial charge is 0.492 e. The molecule has 2 aromatic heterocycles. The van der Waals surface area contributed by atoms with Crippen LogP contribution in [0.1, 0.15) is 52.1 Å². The van der Waals surface area contributed by atoms with Gasteiger partial charge in [-0.05, 0) is 56.5 Å². The molecule has 0 amide bonds. The summed E-state index contributed by atoms with van der Waals surface area (Å²) in [6.45, 7) is 6.97. The maximum absolute atomic E-state index is 5.80. The molecule has 1 aliphatic rings. The number of rotatable bonds is 8. The van der Waals surface area contributed by atoms with Gasteiger partial charge in [0.05, 0.1) is 29.4 Å². The van der Waals surface area contributed by atoms with Crippen molar-refractivity contribution < 1.29 is 4.74 Å². The molecule has 3 rings (SSSR count). The SMILES string of the molecule is CCCCCC1=CC(=Cc2[nH]c(-c3ccc[nH]3)cc2OCC)N=C1C. The van der Waals surface area contributed by atoms with Crippen molar-refractivity contribution in [2.45, 2.75) is 46.5 Å². The number of H-pyrrole nitrogens is 2. The first-order valence-corrected chi connectivity index (χ1v) is 9.18. The second-order valence-corrected chi connectivity index (χ2v) is 6.37. The smallest absolute Gasteiger partial charge is 0.144 e. The molecule has 25 heavy (non-hydrogen) atoms. The van der Waals surface area contributed by atoms with Gasteiger partial charge in [0.25, 0.3) is 0 Å². The van der Waals surface area contributed by atoms with E-state index in [1.807, 2.05) is 31.3 Å². The van der Waals surface area contributed by atoms with E-state index >= 15 is 0 Å². The van der Waals surface area contributed by atoms with Gasteiger partial charge in [-0.2, -0.15) is 0 Å². The molecule has 2 N–H and O–H groups in total. The van der Waals surface area contributed by atoms with E-state index in [1.54, 1.807) is 0 Å². The van der Waals surface area contributed by atoms with Crippen molar-refractivity contribution in [1.29, 1.82) is 0 Å². The summed E-state index contributed by atoms with van der Waals surface area (Å²) >= 11 is 0. The Kier molecular flexibility index (Phi) is 5.59. The number of nitrogens with one attached hydrogen (secondary N) is 2. The molecule has 1 aliphatic heterocycles. The average molecular weight is 337 g/mol. The van der Waals surface area contributed by atoms with Gasteiger partial charge in [-0.15, -0.1) is 0 Å². The van der Waals surface area contributed by atoms with Crippen molar-refractivity contribution >= 4 is 11.8 Å². The minimum Gasteiger partial charge on any atom is -0.492 e. The van der Waals surface area contributed by atoms with Crippen LogP contribution in [-0.4, -0.2) is 22.3 Å². The third kappa shape index (κ3) is 4.13. The molecule has 0 saturated carbocycles. The Morgan fingerprint density at radius 1 is 1.20 bits per heavy atom. The number of aliphatic imine (C=N–C) groups is 1. The van der Waals surface area contributed by atoms with E-state index in [2.05, 4.69) is 36.0 Å². The van der Waals surface area contributed by atoms with Gasteiger partial charge in [0, 0.05) is 18.0 Å². The molecule has 0 atom stereocenters. The first-order chi connectivity index (χ1) is 12.2. The van der Waals surface area contributed by atoms with Gasteiger partial charge in [-0.25, -0.2) is 0 Å². The predicted molar refractivity (Wildman–Crippen MR) is 105 cm³/mol. The summed E-state index contributed by atoms with van der Waals surface area (Å²) in [6, 6.07) is 6.08. The van der Waals surface area contributed by atoms with Crippen LogP contribution >= 0.6 is 0 Å². The molecule has 0 unspecified atom stereocenters. The van der Waals surface area contributed by atoms with Crippen LogP contribution in [0.5, 0.6) is 5.75 Å². The average Bonchev–Trinajstić information content (AvgIpc) is 3.30. The highest BCUT2D eigenvalue weighted by Gasteiger charge is 2.14. The van der Waals surface area contributed by atoms with Crippen LogP contribution in [0.2, 0.25) is 0 Å². The van der Waals surface area contributed by atoms with Crippen molar-refractivity contribution in [2.24, 2.45) is 4.99 Å². The number of aromatic amines is 2. The lowest BCUT2D eigenvalue weighted by Gasteiger charge is -2.00. The number of hydrogen-bond donors (Lipinski definition) is 2. The van der Waals surface area contributed by atoms with Crippen LogP contribution in [-0.2, 0) is 0 Å². The van der Waals surface area contributed by atoms with E-state index in [4.69, 9.17) is 9.73 Å². The Balaban J connectivity index is 1.85. The molecule has 0 spiro atoms. The quantitative estimate of drug-likeness (QED) is 0.594. The topological polar surface area (TPSA) is 53.2 Å². The Morgan fingerprint density at radius 2 is 2.08 bits per heavy atom. The van der Waals surface area contributed by atoms with Crippen LogP contribution in [0.15, 0.2) is 46.7 Å². The van der Waals surface area contributed by atoms with Crippen LogP contribution in [0.3, 0.4) is 0 Å². The third-order valence-electron chi connectivity index (χ3n) is 4.42. The molecule has 3 heterocycles. The summed E-state index contributed by atoms with van der Waals surface area (Å²) in [5.41, 5.74) is 6.51. The Bertz CT molecular complexity index is 791. The third-order valence-corrected chi connectivity index (χ3v) is 4.42. The molecule has 0 aromatic carbocycles. The van der Waals surface area contributed by atoms with Gasteiger partial charge < -0.3 is 14.7 Å². The van der Waals surface area contributed by atoms with E-state index in [-0.39, 0.29) is 0 Å². The first-order valence-electron chi connectivity index (χ1n) is 9.18. The van der Waals surface area contributed by atoms with Gasteiger partial charge in [0.2, 0.25) is 0 Å². The zero-order valence-corrected chi connectivity index (χ0v) is 15.4. The van der Waals surface area contributed by atoms with Gasteiger partial charge in [0.15, 0.2) is 0 Å². The lowest BCUT2D eigenvalue weighted by atomic mass is 10.0. The van der Waals surface area contributed by atoms with Crippen LogP contribution in [0.4, 0.5) is 0 Å².